The Morgan fingerprint density at radius 2 is 1.89 bits per heavy atom. The number of carbonyl (C=O) groups excluding carboxylic acids is 1. The van der Waals surface area contributed by atoms with Crippen molar-refractivity contribution in [2.24, 2.45) is 0 Å². The molecule has 4 nitrogen and oxygen atoms in total. The number of hydrogen-bond donors (Lipinski definition) is 2. The number of aromatic nitrogens is 1. The van der Waals surface area contributed by atoms with Crippen LogP contribution in [0, 0.1) is 0 Å². The van der Waals surface area contributed by atoms with E-state index in [9.17, 15) is 4.79 Å². The van der Waals surface area contributed by atoms with Gasteiger partial charge in [-0.3, -0.25) is 4.79 Å². The van der Waals surface area contributed by atoms with E-state index in [1.807, 2.05) is 19.9 Å². The molecule has 0 saturated carbocycles. The predicted molar refractivity (Wildman–Crippen MR) is 75.1 cm³/mol. The summed E-state index contributed by atoms with van der Waals surface area (Å²) in [5, 5.41) is 5.98. The number of carbonyl (C=O) groups is 1. The van der Waals surface area contributed by atoms with Crippen LogP contribution in [0.3, 0.4) is 0 Å². The molecule has 4 heteroatoms. The fourth-order valence-corrected chi connectivity index (χ4v) is 1.58. The Hall–Kier alpha value is -1.58. The maximum atomic E-state index is 11.9. The first-order valence-electron chi connectivity index (χ1n) is 6.43. The SMILES string of the molecule is CCNC(=O)c1cc(NCC)nc(C(C)(C)C)c1. The number of anilines is 1. The Bertz CT molecular complexity index is 422. The molecule has 1 heterocycles. The maximum absolute atomic E-state index is 11.9. The van der Waals surface area contributed by atoms with Gasteiger partial charge in [0.05, 0.1) is 0 Å². The lowest BCUT2D eigenvalue weighted by atomic mass is 9.90. The van der Waals surface area contributed by atoms with Crippen LogP contribution in [0.5, 0.6) is 0 Å². The lowest BCUT2D eigenvalue weighted by molar-refractivity contribution is 0.0955. The highest BCUT2D eigenvalue weighted by Gasteiger charge is 2.18. The number of pyridine rings is 1. The molecule has 1 aromatic heterocycles. The number of hydrogen-bond acceptors (Lipinski definition) is 3. The van der Waals surface area contributed by atoms with Crippen molar-refractivity contribution in [3.63, 3.8) is 0 Å². The largest absolute Gasteiger partial charge is 0.370 e. The average Bonchev–Trinajstić information content (AvgIpc) is 2.28. The zero-order chi connectivity index (χ0) is 13.8. The van der Waals surface area contributed by atoms with Crippen molar-refractivity contribution in [3.8, 4) is 0 Å². The van der Waals surface area contributed by atoms with Gasteiger partial charge in [0.2, 0.25) is 0 Å². The predicted octanol–water partition coefficient (Wildman–Crippen LogP) is 2.56. The first-order valence-corrected chi connectivity index (χ1v) is 6.43. The summed E-state index contributed by atoms with van der Waals surface area (Å²) >= 11 is 0. The molecule has 2 N–H and O–H groups in total. The summed E-state index contributed by atoms with van der Waals surface area (Å²) in [7, 11) is 0. The fraction of sp³-hybridized carbons (Fsp3) is 0.571. The van der Waals surface area contributed by atoms with Gasteiger partial charge < -0.3 is 10.6 Å². The van der Waals surface area contributed by atoms with Gasteiger partial charge in [-0.15, -0.1) is 0 Å². The molecular formula is C14H23N3O. The van der Waals surface area contributed by atoms with Crippen LogP contribution in [-0.2, 0) is 5.41 Å². The van der Waals surface area contributed by atoms with E-state index < -0.39 is 0 Å². The van der Waals surface area contributed by atoms with Gasteiger partial charge in [0, 0.05) is 29.8 Å². The third-order valence-electron chi connectivity index (χ3n) is 2.55. The van der Waals surface area contributed by atoms with E-state index in [1.165, 1.54) is 0 Å². The van der Waals surface area contributed by atoms with E-state index in [2.05, 4.69) is 36.4 Å². The van der Waals surface area contributed by atoms with Gasteiger partial charge in [0.15, 0.2) is 0 Å². The number of nitrogens with one attached hydrogen (secondary N) is 2. The van der Waals surface area contributed by atoms with E-state index in [1.54, 1.807) is 6.07 Å². The van der Waals surface area contributed by atoms with Crippen molar-refractivity contribution in [2.75, 3.05) is 18.4 Å². The second-order valence-electron chi connectivity index (χ2n) is 5.27. The summed E-state index contributed by atoms with van der Waals surface area (Å²) in [4.78, 5) is 16.5. The van der Waals surface area contributed by atoms with Gasteiger partial charge >= 0.3 is 0 Å². The van der Waals surface area contributed by atoms with Crippen molar-refractivity contribution in [3.05, 3.63) is 23.4 Å². The van der Waals surface area contributed by atoms with Crippen LogP contribution in [0.4, 0.5) is 5.82 Å². The molecule has 0 radical (unpaired) electrons. The summed E-state index contributed by atoms with van der Waals surface area (Å²) in [6.07, 6.45) is 0. The Balaban J connectivity index is 3.18. The molecule has 0 aliphatic heterocycles. The minimum atomic E-state index is -0.0767. The Morgan fingerprint density at radius 3 is 2.39 bits per heavy atom. The second-order valence-corrected chi connectivity index (χ2v) is 5.27. The summed E-state index contributed by atoms with van der Waals surface area (Å²) in [5.74, 6) is 0.704. The number of rotatable bonds is 4. The van der Waals surface area contributed by atoms with E-state index in [4.69, 9.17) is 0 Å². The molecule has 18 heavy (non-hydrogen) atoms. The minimum Gasteiger partial charge on any atom is -0.370 e. The van der Waals surface area contributed by atoms with Gasteiger partial charge in [0.1, 0.15) is 5.82 Å². The fourth-order valence-electron chi connectivity index (χ4n) is 1.58. The molecular weight excluding hydrogens is 226 g/mol. The zero-order valence-electron chi connectivity index (χ0n) is 11.9. The van der Waals surface area contributed by atoms with Gasteiger partial charge in [-0.05, 0) is 26.0 Å². The average molecular weight is 249 g/mol. The van der Waals surface area contributed by atoms with Crippen LogP contribution in [0.15, 0.2) is 12.1 Å². The third-order valence-corrected chi connectivity index (χ3v) is 2.55. The van der Waals surface area contributed by atoms with Crippen molar-refractivity contribution >= 4 is 11.7 Å². The maximum Gasteiger partial charge on any atom is 0.251 e. The Kier molecular flexibility index (Phi) is 4.70. The molecule has 100 valence electrons. The molecule has 1 aromatic rings. The normalized spacial score (nSPS) is 11.2. The molecule has 0 spiro atoms. The molecule has 0 saturated heterocycles. The van der Waals surface area contributed by atoms with Crippen LogP contribution in [-0.4, -0.2) is 24.0 Å². The number of nitrogens with zero attached hydrogens (tertiary/aromatic N) is 1. The molecule has 1 rings (SSSR count). The van der Waals surface area contributed by atoms with Gasteiger partial charge in [-0.1, -0.05) is 20.8 Å². The van der Waals surface area contributed by atoms with Gasteiger partial charge in [0.25, 0.3) is 5.91 Å². The van der Waals surface area contributed by atoms with Gasteiger partial charge in [-0.25, -0.2) is 4.98 Å². The van der Waals surface area contributed by atoms with Crippen LogP contribution < -0.4 is 10.6 Å². The monoisotopic (exact) mass is 249 g/mol. The Morgan fingerprint density at radius 1 is 1.22 bits per heavy atom. The van der Waals surface area contributed by atoms with Crippen molar-refractivity contribution in [2.45, 2.75) is 40.0 Å². The van der Waals surface area contributed by atoms with Crippen LogP contribution in [0.25, 0.3) is 0 Å². The highest BCUT2D eigenvalue weighted by Crippen LogP contribution is 2.23. The summed E-state index contributed by atoms with van der Waals surface area (Å²) in [5.41, 5.74) is 1.50. The van der Waals surface area contributed by atoms with Crippen molar-refractivity contribution in [1.82, 2.24) is 10.3 Å². The quantitative estimate of drug-likeness (QED) is 0.862. The second kappa shape index (κ2) is 5.85. The summed E-state index contributed by atoms with van der Waals surface area (Å²) in [6, 6.07) is 3.66. The van der Waals surface area contributed by atoms with E-state index >= 15 is 0 Å². The van der Waals surface area contributed by atoms with Crippen molar-refractivity contribution in [1.29, 1.82) is 0 Å². The Labute approximate surface area is 109 Å². The minimum absolute atomic E-state index is 0.0513. The lowest BCUT2D eigenvalue weighted by Crippen LogP contribution is -2.24. The molecule has 0 unspecified atom stereocenters. The zero-order valence-corrected chi connectivity index (χ0v) is 11.9. The van der Waals surface area contributed by atoms with Crippen LogP contribution in [0.2, 0.25) is 0 Å². The van der Waals surface area contributed by atoms with E-state index in [0.29, 0.717) is 12.1 Å². The van der Waals surface area contributed by atoms with Crippen LogP contribution in [0.1, 0.15) is 50.7 Å². The van der Waals surface area contributed by atoms with Gasteiger partial charge in [-0.2, -0.15) is 0 Å². The highest BCUT2D eigenvalue weighted by atomic mass is 16.1. The smallest absolute Gasteiger partial charge is 0.251 e. The molecule has 0 aliphatic carbocycles. The highest BCUT2D eigenvalue weighted by molar-refractivity contribution is 5.95. The molecule has 1 amide bonds. The lowest BCUT2D eigenvalue weighted by Gasteiger charge is -2.20. The summed E-state index contributed by atoms with van der Waals surface area (Å²) < 4.78 is 0. The topological polar surface area (TPSA) is 54.0 Å². The molecule has 0 aromatic carbocycles. The van der Waals surface area contributed by atoms with E-state index in [0.717, 1.165) is 18.1 Å². The number of amides is 1. The van der Waals surface area contributed by atoms with Crippen LogP contribution >= 0.6 is 0 Å². The first-order chi connectivity index (χ1) is 8.38. The first kappa shape index (κ1) is 14.5. The standard InChI is InChI=1S/C14H23N3O/c1-6-15-12-9-10(13(18)16-7-2)8-11(17-12)14(3,4)5/h8-9H,6-7H2,1-5H3,(H,15,17)(H,16,18). The molecule has 0 atom stereocenters. The summed E-state index contributed by atoms with van der Waals surface area (Å²) in [6.45, 7) is 11.6. The van der Waals surface area contributed by atoms with Crippen molar-refractivity contribution < 1.29 is 4.79 Å². The molecule has 0 fully saturated rings. The molecule has 0 aliphatic rings. The van der Waals surface area contributed by atoms with E-state index in [-0.39, 0.29) is 11.3 Å². The molecule has 0 bridgehead atoms. The third kappa shape index (κ3) is 3.72.